The predicted molar refractivity (Wildman–Crippen MR) is 120 cm³/mol. The summed E-state index contributed by atoms with van der Waals surface area (Å²) in [7, 11) is 0. The molecule has 7 heteroatoms. The molecule has 4 aromatic rings. The Morgan fingerprint density at radius 3 is 2.79 bits per heavy atom. The van der Waals surface area contributed by atoms with Gasteiger partial charge in [-0.2, -0.15) is 0 Å². The first-order valence-electron chi connectivity index (χ1n) is 9.29. The van der Waals surface area contributed by atoms with Gasteiger partial charge in [0.05, 0.1) is 15.2 Å². The molecule has 0 saturated carbocycles. The van der Waals surface area contributed by atoms with E-state index < -0.39 is 0 Å². The zero-order valence-electron chi connectivity index (χ0n) is 15.7. The lowest BCUT2D eigenvalue weighted by atomic mass is 10.1. The van der Waals surface area contributed by atoms with Gasteiger partial charge < -0.3 is 4.42 Å². The average molecular weight is 445 g/mol. The largest absolute Gasteiger partial charge is 0.451 e. The molecular formula is C22H18Cl2N2O2S. The lowest BCUT2D eigenvalue weighted by Crippen LogP contribution is -2.10. The molecule has 4 rings (SSSR count). The standard InChI is InChI=1S/C22H18Cl2N2O2S/c1-2-3-4-13-5-8-17-20(11-13)29-22(25-17)26-21(27)19-10-9-18(28-19)15-7-6-14(23)12-16(15)24/h5-12H,2-4H2,1H3,(H,25,26,27). The summed E-state index contributed by atoms with van der Waals surface area (Å²) in [6.45, 7) is 2.18. The van der Waals surface area contributed by atoms with Crippen LogP contribution in [0.15, 0.2) is 52.9 Å². The molecule has 1 amide bonds. The number of fused-ring (bicyclic) bond motifs is 1. The van der Waals surface area contributed by atoms with Gasteiger partial charge in [0.2, 0.25) is 0 Å². The molecule has 2 aromatic heterocycles. The van der Waals surface area contributed by atoms with Gasteiger partial charge in [-0.05, 0) is 60.9 Å². The number of thiazole rings is 1. The summed E-state index contributed by atoms with van der Waals surface area (Å²) in [4.78, 5) is 17.1. The Labute approximate surface area is 182 Å². The van der Waals surface area contributed by atoms with E-state index in [4.69, 9.17) is 27.6 Å². The highest BCUT2D eigenvalue weighted by Crippen LogP contribution is 2.32. The summed E-state index contributed by atoms with van der Waals surface area (Å²) >= 11 is 13.6. The van der Waals surface area contributed by atoms with Crippen molar-refractivity contribution in [2.75, 3.05) is 5.32 Å². The van der Waals surface area contributed by atoms with Crippen LogP contribution in [0.5, 0.6) is 0 Å². The number of halogens is 2. The first kappa shape index (κ1) is 20.0. The third-order valence-corrected chi connectivity index (χ3v) is 6.00. The minimum Gasteiger partial charge on any atom is -0.451 e. The van der Waals surface area contributed by atoms with Crippen LogP contribution in [0.1, 0.15) is 35.9 Å². The van der Waals surface area contributed by atoms with Gasteiger partial charge in [-0.25, -0.2) is 4.98 Å². The smallest absolute Gasteiger partial charge is 0.293 e. The van der Waals surface area contributed by atoms with Gasteiger partial charge in [-0.1, -0.05) is 53.9 Å². The van der Waals surface area contributed by atoms with Crippen molar-refractivity contribution in [2.24, 2.45) is 0 Å². The fourth-order valence-electron chi connectivity index (χ4n) is 3.01. The molecule has 0 unspecified atom stereocenters. The maximum Gasteiger partial charge on any atom is 0.293 e. The van der Waals surface area contributed by atoms with Gasteiger partial charge in [0.25, 0.3) is 5.91 Å². The Morgan fingerprint density at radius 2 is 2.00 bits per heavy atom. The summed E-state index contributed by atoms with van der Waals surface area (Å²) < 4.78 is 6.76. The van der Waals surface area contributed by atoms with E-state index in [2.05, 4.69) is 29.4 Å². The SMILES string of the molecule is CCCCc1ccc2nc(NC(=O)c3ccc(-c4ccc(Cl)cc4Cl)o3)sc2c1. The third kappa shape index (κ3) is 4.47. The highest BCUT2D eigenvalue weighted by Gasteiger charge is 2.16. The number of unbranched alkanes of at least 4 members (excludes halogenated alkanes) is 1. The van der Waals surface area contributed by atoms with E-state index in [0.717, 1.165) is 29.5 Å². The van der Waals surface area contributed by atoms with Gasteiger partial charge >= 0.3 is 0 Å². The normalized spacial score (nSPS) is 11.1. The molecule has 0 aliphatic carbocycles. The number of furan rings is 1. The van der Waals surface area contributed by atoms with Crippen LogP contribution >= 0.6 is 34.5 Å². The van der Waals surface area contributed by atoms with E-state index in [9.17, 15) is 4.79 Å². The Kier molecular flexibility index (Phi) is 5.90. The highest BCUT2D eigenvalue weighted by atomic mass is 35.5. The second-order valence-corrected chi connectivity index (χ2v) is 8.54. The van der Waals surface area contributed by atoms with Gasteiger partial charge in [0.15, 0.2) is 10.9 Å². The Bertz CT molecular complexity index is 1180. The molecular weight excluding hydrogens is 427 g/mol. The summed E-state index contributed by atoms with van der Waals surface area (Å²) in [5.41, 5.74) is 2.84. The first-order valence-corrected chi connectivity index (χ1v) is 10.9. The van der Waals surface area contributed by atoms with Crippen LogP contribution in [0.4, 0.5) is 5.13 Å². The van der Waals surface area contributed by atoms with E-state index in [1.807, 2.05) is 6.07 Å². The Hall–Kier alpha value is -2.34. The van der Waals surface area contributed by atoms with Crippen LogP contribution in [0.3, 0.4) is 0 Å². The van der Waals surface area contributed by atoms with Crippen LogP contribution in [0.2, 0.25) is 10.0 Å². The van der Waals surface area contributed by atoms with E-state index in [-0.39, 0.29) is 11.7 Å². The number of carbonyl (C=O) groups is 1. The lowest BCUT2D eigenvalue weighted by molar-refractivity contribution is 0.0997. The molecule has 29 heavy (non-hydrogen) atoms. The third-order valence-electron chi connectivity index (χ3n) is 4.52. The van der Waals surface area contributed by atoms with Crippen molar-refractivity contribution in [2.45, 2.75) is 26.2 Å². The molecule has 4 nitrogen and oxygen atoms in total. The molecule has 0 fully saturated rings. The van der Waals surface area contributed by atoms with Crippen molar-refractivity contribution in [3.8, 4) is 11.3 Å². The van der Waals surface area contributed by atoms with Crippen LogP contribution in [-0.4, -0.2) is 10.9 Å². The van der Waals surface area contributed by atoms with Crippen molar-refractivity contribution in [3.05, 3.63) is 69.9 Å². The summed E-state index contributed by atoms with van der Waals surface area (Å²) in [5, 5.41) is 4.36. The van der Waals surface area contributed by atoms with Gasteiger partial charge in [0, 0.05) is 10.6 Å². The van der Waals surface area contributed by atoms with E-state index in [1.54, 1.807) is 30.3 Å². The molecule has 0 bridgehead atoms. The number of hydrogen-bond donors (Lipinski definition) is 1. The molecule has 1 N–H and O–H groups in total. The molecule has 0 saturated heterocycles. The molecule has 0 aliphatic heterocycles. The Balaban J connectivity index is 1.51. The molecule has 2 heterocycles. The quantitative estimate of drug-likeness (QED) is 0.335. The van der Waals surface area contributed by atoms with Crippen molar-refractivity contribution in [1.82, 2.24) is 4.98 Å². The second-order valence-electron chi connectivity index (χ2n) is 6.67. The summed E-state index contributed by atoms with van der Waals surface area (Å²) in [6.07, 6.45) is 3.37. The number of hydrogen-bond acceptors (Lipinski definition) is 4. The van der Waals surface area contributed by atoms with Crippen LogP contribution in [-0.2, 0) is 6.42 Å². The lowest BCUT2D eigenvalue weighted by Gasteiger charge is -2.01. The van der Waals surface area contributed by atoms with Gasteiger partial charge in [-0.3, -0.25) is 10.1 Å². The highest BCUT2D eigenvalue weighted by molar-refractivity contribution is 7.22. The van der Waals surface area contributed by atoms with E-state index >= 15 is 0 Å². The van der Waals surface area contributed by atoms with Crippen molar-refractivity contribution in [1.29, 1.82) is 0 Å². The molecule has 148 valence electrons. The molecule has 0 spiro atoms. The number of rotatable bonds is 6. The van der Waals surface area contributed by atoms with Crippen molar-refractivity contribution < 1.29 is 9.21 Å². The minimum absolute atomic E-state index is 0.189. The monoisotopic (exact) mass is 444 g/mol. The topological polar surface area (TPSA) is 55.1 Å². The summed E-state index contributed by atoms with van der Waals surface area (Å²) in [6, 6.07) is 14.7. The van der Waals surface area contributed by atoms with Crippen LogP contribution < -0.4 is 5.32 Å². The predicted octanol–water partition coefficient (Wildman–Crippen LogP) is 7.46. The van der Waals surface area contributed by atoms with E-state index in [0.29, 0.717) is 26.5 Å². The number of aryl methyl sites for hydroxylation is 1. The number of carbonyl (C=O) groups excluding carboxylic acids is 1. The Morgan fingerprint density at radius 1 is 1.14 bits per heavy atom. The zero-order valence-corrected chi connectivity index (χ0v) is 18.0. The number of benzene rings is 2. The van der Waals surface area contributed by atoms with Crippen LogP contribution in [0, 0.1) is 0 Å². The fourth-order valence-corrected chi connectivity index (χ4v) is 4.44. The molecule has 2 aromatic carbocycles. The molecule has 0 radical (unpaired) electrons. The van der Waals surface area contributed by atoms with Crippen LogP contribution in [0.25, 0.3) is 21.5 Å². The average Bonchev–Trinajstić information content (AvgIpc) is 3.32. The van der Waals surface area contributed by atoms with Crippen molar-refractivity contribution >= 4 is 55.8 Å². The fraction of sp³-hybridized carbons (Fsp3) is 0.182. The maximum atomic E-state index is 12.6. The second kappa shape index (κ2) is 8.57. The number of anilines is 1. The molecule has 0 aliphatic rings. The summed E-state index contributed by atoms with van der Waals surface area (Å²) in [5.74, 6) is 0.335. The first-order chi connectivity index (χ1) is 14.0. The van der Waals surface area contributed by atoms with Gasteiger partial charge in [-0.15, -0.1) is 0 Å². The zero-order chi connectivity index (χ0) is 20.4. The van der Waals surface area contributed by atoms with Crippen molar-refractivity contribution in [3.63, 3.8) is 0 Å². The number of aromatic nitrogens is 1. The minimum atomic E-state index is -0.355. The number of amides is 1. The number of nitrogens with one attached hydrogen (secondary N) is 1. The number of nitrogens with zero attached hydrogens (tertiary/aromatic N) is 1. The van der Waals surface area contributed by atoms with E-state index in [1.165, 1.54) is 16.9 Å². The van der Waals surface area contributed by atoms with Gasteiger partial charge in [0.1, 0.15) is 5.76 Å². The molecule has 0 atom stereocenters. The maximum absolute atomic E-state index is 12.6.